The molecule has 0 fully saturated rings. The molecule has 2 amide bonds. The molecular formula is C27H31N3O6. The summed E-state index contributed by atoms with van der Waals surface area (Å²) < 4.78 is 11.8. The highest BCUT2D eigenvalue weighted by atomic mass is 16.5. The Balaban J connectivity index is 1.94. The lowest BCUT2D eigenvalue weighted by Crippen LogP contribution is -2.36. The van der Waals surface area contributed by atoms with Crippen LogP contribution in [-0.2, 0) is 16.6 Å². The number of aromatic nitrogens is 1. The molecule has 9 nitrogen and oxygen atoms in total. The third-order valence-corrected chi connectivity index (χ3v) is 5.91. The van der Waals surface area contributed by atoms with Crippen LogP contribution >= 0.6 is 0 Å². The quantitative estimate of drug-likeness (QED) is 0.405. The minimum Gasteiger partial charge on any atom is -0.505 e. The fraction of sp³-hybridized carbons (Fsp3) is 0.296. The molecule has 1 atom stereocenters. The van der Waals surface area contributed by atoms with Crippen LogP contribution in [0.5, 0.6) is 11.5 Å². The first kappa shape index (κ1) is 26.3. The van der Waals surface area contributed by atoms with Gasteiger partial charge in [0, 0.05) is 18.8 Å². The van der Waals surface area contributed by atoms with E-state index in [9.17, 15) is 19.5 Å². The minimum atomic E-state index is -0.759. The summed E-state index contributed by atoms with van der Waals surface area (Å²) in [4.78, 5) is 37.8. The van der Waals surface area contributed by atoms with Crippen molar-refractivity contribution in [1.82, 2.24) is 9.88 Å². The van der Waals surface area contributed by atoms with Gasteiger partial charge < -0.3 is 29.8 Å². The summed E-state index contributed by atoms with van der Waals surface area (Å²) in [6.07, 6.45) is -0.125. The highest BCUT2D eigenvalue weighted by Crippen LogP contribution is 2.30. The summed E-state index contributed by atoms with van der Waals surface area (Å²) >= 11 is 0. The number of aryl methyl sites for hydroxylation is 2. The van der Waals surface area contributed by atoms with Gasteiger partial charge in [-0.1, -0.05) is 24.3 Å². The van der Waals surface area contributed by atoms with Crippen molar-refractivity contribution in [2.75, 3.05) is 19.0 Å². The van der Waals surface area contributed by atoms with E-state index in [0.29, 0.717) is 17.0 Å². The van der Waals surface area contributed by atoms with E-state index in [1.165, 1.54) is 17.7 Å². The number of hydrogen-bond acceptors (Lipinski definition) is 6. The third-order valence-electron chi connectivity index (χ3n) is 5.91. The Labute approximate surface area is 209 Å². The molecule has 0 aliphatic rings. The van der Waals surface area contributed by atoms with Gasteiger partial charge in [-0.3, -0.25) is 9.59 Å². The SMILES string of the molecule is CCOC(=O)CC(NC(=O)Nc1c(O)cc(C)n(C)c1=O)c1ccc(C)c(-c2cccc(OC)c2)c1. The molecule has 0 aliphatic heterocycles. The van der Waals surface area contributed by atoms with E-state index in [2.05, 4.69) is 10.6 Å². The number of ether oxygens (including phenoxy) is 2. The number of nitrogens with zero attached hydrogens (tertiary/aromatic N) is 1. The number of carbonyl (C=O) groups is 2. The molecule has 0 radical (unpaired) electrons. The van der Waals surface area contributed by atoms with Crippen molar-refractivity contribution < 1.29 is 24.2 Å². The van der Waals surface area contributed by atoms with Gasteiger partial charge in [-0.2, -0.15) is 0 Å². The van der Waals surface area contributed by atoms with E-state index in [1.54, 1.807) is 21.0 Å². The summed E-state index contributed by atoms with van der Waals surface area (Å²) in [7, 11) is 3.13. The number of benzene rings is 2. The Bertz CT molecular complexity index is 1330. The van der Waals surface area contributed by atoms with Gasteiger partial charge in [0.05, 0.1) is 26.2 Å². The molecule has 0 bridgehead atoms. The Morgan fingerprint density at radius 3 is 2.56 bits per heavy atom. The average Bonchev–Trinajstić information content (AvgIpc) is 2.85. The lowest BCUT2D eigenvalue weighted by molar-refractivity contribution is -0.143. The van der Waals surface area contributed by atoms with Crippen LogP contribution in [0.1, 0.15) is 36.2 Å². The van der Waals surface area contributed by atoms with Gasteiger partial charge in [-0.15, -0.1) is 0 Å². The Hall–Kier alpha value is -4.27. The van der Waals surface area contributed by atoms with E-state index >= 15 is 0 Å². The number of esters is 1. The van der Waals surface area contributed by atoms with Crippen LogP contribution in [0.3, 0.4) is 0 Å². The normalized spacial score (nSPS) is 11.5. The number of rotatable bonds is 8. The zero-order valence-corrected chi connectivity index (χ0v) is 21.0. The van der Waals surface area contributed by atoms with Gasteiger partial charge in [0.15, 0.2) is 5.69 Å². The Morgan fingerprint density at radius 2 is 1.86 bits per heavy atom. The number of hydrogen-bond donors (Lipinski definition) is 3. The third kappa shape index (κ3) is 6.04. The smallest absolute Gasteiger partial charge is 0.319 e. The topological polar surface area (TPSA) is 119 Å². The summed E-state index contributed by atoms with van der Waals surface area (Å²) in [6, 6.07) is 13.1. The number of carbonyl (C=O) groups excluding carboxylic acids is 2. The molecule has 3 N–H and O–H groups in total. The minimum absolute atomic E-state index is 0.125. The van der Waals surface area contributed by atoms with Gasteiger partial charge in [-0.25, -0.2) is 4.79 Å². The van der Waals surface area contributed by atoms with Crippen molar-refractivity contribution in [2.24, 2.45) is 7.05 Å². The first-order valence-electron chi connectivity index (χ1n) is 11.5. The lowest BCUT2D eigenvalue weighted by atomic mass is 9.94. The maximum atomic E-state index is 12.9. The van der Waals surface area contributed by atoms with E-state index in [-0.39, 0.29) is 24.5 Å². The van der Waals surface area contributed by atoms with Crippen molar-refractivity contribution in [3.8, 4) is 22.6 Å². The zero-order valence-electron chi connectivity index (χ0n) is 21.0. The molecule has 1 aromatic heterocycles. The van der Waals surface area contributed by atoms with E-state index in [1.807, 2.05) is 49.4 Å². The molecular weight excluding hydrogens is 462 g/mol. The molecule has 9 heteroatoms. The van der Waals surface area contributed by atoms with Crippen LogP contribution in [0.2, 0.25) is 0 Å². The number of methoxy groups -OCH3 is 1. The number of pyridine rings is 1. The average molecular weight is 494 g/mol. The van der Waals surface area contributed by atoms with Crippen molar-refractivity contribution >= 4 is 17.7 Å². The molecule has 0 saturated heterocycles. The van der Waals surface area contributed by atoms with Crippen LogP contribution in [0.15, 0.2) is 53.3 Å². The van der Waals surface area contributed by atoms with Crippen molar-refractivity contribution in [1.29, 1.82) is 0 Å². The molecule has 36 heavy (non-hydrogen) atoms. The van der Waals surface area contributed by atoms with Crippen LogP contribution < -0.4 is 20.9 Å². The van der Waals surface area contributed by atoms with Gasteiger partial charge in [0.2, 0.25) is 0 Å². The molecule has 3 aromatic rings. The first-order chi connectivity index (χ1) is 17.1. The standard InChI is InChI=1S/C27H31N3O6/c1-6-36-24(32)15-22(28-27(34)29-25-23(31)12-17(3)30(4)26(25)33)19-11-10-16(2)21(14-19)18-8-7-9-20(13-18)35-5/h7-14,22,31H,6,15H2,1-5H3,(H2,28,29,34). The van der Waals surface area contributed by atoms with Gasteiger partial charge >= 0.3 is 12.0 Å². The Morgan fingerprint density at radius 1 is 1.11 bits per heavy atom. The van der Waals surface area contributed by atoms with Crippen LogP contribution in [0.25, 0.3) is 11.1 Å². The molecule has 2 aromatic carbocycles. The fourth-order valence-corrected chi connectivity index (χ4v) is 3.83. The van der Waals surface area contributed by atoms with Crippen LogP contribution in [-0.4, -0.2) is 35.4 Å². The number of nitrogens with one attached hydrogen (secondary N) is 2. The molecule has 0 saturated carbocycles. The number of urea groups is 1. The zero-order chi connectivity index (χ0) is 26.4. The van der Waals surface area contributed by atoms with Crippen molar-refractivity contribution in [3.05, 3.63) is 75.7 Å². The summed E-state index contributed by atoms with van der Waals surface area (Å²) in [5.41, 5.74) is 3.22. The maximum Gasteiger partial charge on any atom is 0.319 e. The summed E-state index contributed by atoms with van der Waals surface area (Å²) in [6.45, 7) is 5.54. The molecule has 0 aliphatic carbocycles. The molecule has 1 heterocycles. The summed E-state index contributed by atoms with van der Waals surface area (Å²) in [5, 5.41) is 15.4. The van der Waals surface area contributed by atoms with Gasteiger partial charge in [0.25, 0.3) is 5.56 Å². The number of anilines is 1. The van der Waals surface area contributed by atoms with Crippen molar-refractivity contribution in [2.45, 2.75) is 33.2 Å². The predicted octanol–water partition coefficient (Wildman–Crippen LogP) is 4.20. The van der Waals surface area contributed by atoms with Gasteiger partial charge in [0.1, 0.15) is 11.5 Å². The number of amides is 2. The summed E-state index contributed by atoms with van der Waals surface area (Å²) in [5.74, 6) is -0.124. The van der Waals surface area contributed by atoms with Crippen LogP contribution in [0.4, 0.5) is 10.5 Å². The van der Waals surface area contributed by atoms with E-state index in [0.717, 1.165) is 16.7 Å². The van der Waals surface area contributed by atoms with E-state index < -0.39 is 23.6 Å². The second-order valence-electron chi connectivity index (χ2n) is 8.38. The Kier molecular flexibility index (Phi) is 8.37. The maximum absolute atomic E-state index is 12.9. The predicted molar refractivity (Wildman–Crippen MR) is 137 cm³/mol. The first-order valence-corrected chi connectivity index (χ1v) is 11.5. The molecule has 0 spiro atoms. The molecule has 190 valence electrons. The van der Waals surface area contributed by atoms with Crippen LogP contribution in [0, 0.1) is 13.8 Å². The largest absolute Gasteiger partial charge is 0.505 e. The highest BCUT2D eigenvalue weighted by molar-refractivity contribution is 5.91. The van der Waals surface area contributed by atoms with Gasteiger partial charge in [-0.05, 0) is 61.2 Å². The van der Waals surface area contributed by atoms with Crippen molar-refractivity contribution in [3.63, 3.8) is 0 Å². The molecule has 3 rings (SSSR count). The van der Waals surface area contributed by atoms with E-state index in [4.69, 9.17) is 9.47 Å². The monoisotopic (exact) mass is 493 g/mol. The molecule has 1 unspecified atom stereocenters. The highest BCUT2D eigenvalue weighted by Gasteiger charge is 2.22. The number of aromatic hydroxyl groups is 1. The second-order valence-corrected chi connectivity index (χ2v) is 8.38. The lowest BCUT2D eigenvalue weighted by Gasteiger charge is -2.21. The fourth-order valence-electron chi connectivity index (χ4n) is 3.83. The second kappa shape index (κ2) is 11.4.